The monoisotopic (exact) mass is 494 g/mol. The highest BCUT2D eigenvalue weighted by Crippen LogP contribution is 2.64. The Bertz CT molecular complexity index is 1180. The Morgan fingerprint density at radius 1 is 0.939 bits per heavy atom. The van der Waals surface area contributed by atoms with E-state index in [1.807, 2.05) is 19.9 Å². The summed E-state index contributed by atoms with van der Waals surface area (Å²) in [6, 6.07) is 5.42. The molecule has 1 heterocycles. The Morgan fingerprint density at radius 2 is 1.58 bits per heavy atom. The lowest BCUT2D eigenvalue weighted by Crippen LogP contribution is -2.53. The summed E-state index contributed by atoms with van der Waals surface area (Å²) in [4.78, 5) is 13.1. The van der Waals surface area contributed by atoms with Crippen LogP contribution in [0.25, 0.3) is 0 Å². The molecule has 4 aliphatic rings. The third kappa shape index (κ3) is 3.61. The van der Waals surface area contributed by atoms with Gasteiger partial charge in [0.1, 0.15) is 5.78 Å². The smallest absolute Gasteiger partial charge is 0.243 e. The zero-order valence-corrected chi connectivity index (χ0v) is 21.2. The van der Waals surface area contributed by atoms with Crippen molar-refractivity contribution in [2.24, 2.45) is 16.7 Å². The Labute approximate surface area is 197 Å². The predicted molar refractivity (Wildman–Crippen MR) is 126 cm³/mol. The third-order valence-corrected chi connectivity index (χ3v) is 13.0. The van der Waals surface area contributed by atoms with Gasteiger partial charge < -0.3 is 0 Å². The van der Waals surface area contributed by atoms with E-state index >= 15 is 0 Å². The number of carbonyl (C=O) groups excluding carboxylic acids is 1. The molecule has 0 spiro atoms. The molecule has 2 unspecified atom stereocenters. The summed E-state index contributed by atoms with van der Waals surface area (Å²) < 4.78 is 56.0. The first-order valence-electron chi connectivity index (χ1n) is 12.1. The maximum absolute atomic E-state index is 13.4. The molecule has 0 amide bonds. The highest BCUT2D eigenvalue weighted by Gasteiger charge is 2.65. The van der Waals surface area contributed by atoms with Crippen LogP contribution in [0.5, 0.6) is 0 Å². The van der Waals surface area contributed by atoms with E-state index in [2.05, 4.69) is 0 Å². The molecule has 182 valence electrons. The number of hydrogen-bond donors (Lipinski definition) is 0. The van der Waals surface area contributed by atoms with Crippen molar-refractivity contribution in [2.75, 3.05) is 31.9 Å². The van der Waals surface area contributed by atoms with Gasteiger partial charge in [-0.05, 0) is 73.1 Å². The average molecular weight is 495 g/mol. The fourth-order valence-corrected chi connectivity index (χ4v) is 10.4. The molecule has 1 saturated heterocycles. The van der Waals surface area contributed by atoms with Crippen molar-refractivity contribution in [2.45, 2.75) is 63.7 Å². The molecule has 2 atom stereocenters. The van der Waals surface area contributed by atoms with Gasteiger partial charge in [-0.1, -0.05) is 19.9 Å². The molecule has 3 fully saturated rings. The van der Waals surface area contributed by atoms with Gasteiger partial charge in [-0.15, -0.1) is 0 Å². The van der Waals surface area contributed by atoms with E-state index in [1.165, 1.54) is 14.2 Å². The maximum Gasteiger partial charge on any atom is 0.243 e. The van der Waals surface area contributed by atoms with Crippen molar-refractivity contribution in [3.05, 3.63) is 29.3 Å². The van der Waals surface area contributed by atoms with Crippen LogP contribution in [0.4, 0.5) is 0 Å². The fourth-order valence-electron chi connectivity index (χ4n) is 6.72. The molecule has 3 aliphatic carbocycles. The number of ketones is 1. The van der Waals surface area contributed by atoms with E-state index in [-0.39, 0.29) is 49.0 Å². The molecular formula is C24H34N2O5S2. The van der Waals surface area contributed by atoms with Crippen molar-refractivity contribution in [1.82, 2.24) is 8.61 Å². The van der Waals surface area contributed by atoms with Crippen LogP contribution in [0.1, 0.15) is 57.1 Å². The highest BCUT2D eigenvalue weighted by molar-refractivity contribution is 7.89. The molecule has 2 saturated carbocycles. The van der Waals surface area contributed by atoms with E-state index in [4.69, 9.17) is 0 Å². The van der Waals surface area contributed by atoms with Crippen LogP contribution < -0.4 is 0 Å². The second kappa shape index (κ2) is 7.86. The van der Waals surface area contributed by atoms with Crippen LogP contribution in [-0.2, 0) is 37.7 Å². The number of sulfonamides is 2. The number of Topliss-reactive ketones (excluding diaryl/α,β-unsaturated/α-hetero) is 1. The molecule has 2 bridgehead atoms. The average Bonchev–Trinajstić information content (AvgIpc) is 3.13. The van der Waals surface area contributed by atoms with Crippen LogP contribution in [0.3, 0.4) is 0 Å². The van der Waals surface area contributed by atoms with Crippen LogP contribution in [-0.4, -0.2) is 63.2 Å². The Balaban J connectivity index is 1.29. The summed E-state index contributed by atoms with van der Waals surface area (Å²) >= 11 is 0. The number of benzene rings is 1. The molecule has 1 aliphatic heterocycles. The normalized spacial score (nSPS) is 30.5. The first kappa shape index (κ1) is 23.5. The van der Waals surface area contributed by atoms with Gasteiger partial charge >= 0.3 is 0 Å². The van der Waals surface area contributed by atoms with Gasteiger partial charge in [-0.25, -0.2) is 16.8 Å². The summed E-state index contributed by atoms with van der Waals surface area (Å²) in [5.74, 6) is 0.194. The lowest BCUT2D eigenvalue weighted by molar-refractivity contribution is -0.128. The van der Waals surface area contributed by atoms with Crippen molar-refractivity contribution >= 4 is 25.8 Å². The standard InChI is InChI=1S/C24H34N2O5S2/c1-23(2)20-9-10-24(23,22(27)16-20)17-32(28,29)25-11-13-26(14-12-25)33(30,31)21-8-7-18-5-3-4-6-19(18)15-21/h7-8,15,20H,3-6,9-14,16-17H2,1-2H3. The van der Waals surface area contributed by atoms with E-state index in [1.54, 1.807) is 12.1 Å². The summed E-state index contributed by atoms with van der Waals surface area (Å²) in [6.45, 7) is 4.58. The Kier molecular flexibility index (Phi) is 5.59. The van der Waals surface area contributed by atoms with Gasteiger partial charge in [0.15, 0.2) is 0 Å². The van der Waals surface area contributed by atoms with Crippen molar-refractivity contribution in [1.29, 1.82) is 0 Å². The molecule has 1 aromatic carbocycles. The van der Waals surface area contributed by atoms with E-state index in [0.29, 0.717) is 17.7 Å². The molecule has 1 aromatic rings. The van der Waals surface area contributed by atoms with Gasteiger partial charge in [0.2, 0.25) is 20.0 Å². The van der Waals surface area contributed by atoms with Gasteiger partial charge in [0.05, 0.1) is 10.6 Å². The molecule has 5 rings (SSSR count). The molecule has 9 heteroatoms. The zero-order chi connectivity index (χ0) is 23.6. The van der Waals surface area contributed by atoms with Crippen molar-refractivity contribution in [3.63, 3.8) is 0 Å². The minimum atomic E-state index is -3.67. The van der Waals surface area contributed by atoms with Crippen LogP contribution in [0.2, 0.25) is 0 Å². The number of carbonyl (C=O) groups is 1. The predicted octanol–water partition coefficient (Wildman–Crippen LogP) is 2.60. The first-order chi connectivity index (χ1) is 15.5. The van der Waals surface area contributed by atoms with Crippen molar-refractivity contribution in [3.8, 4) is 0 Å². The second-order valence-corrected chi connectivity index (χ2v) is 14.8. The van der Waals surface area contributed by atoms with Gasteiger partial charge in [-0.3, -0.25) is 4.79 Å². The van der Waals surface area contributed by atoms with Crippen molar-refractivity contribution < 1.29 is 21.6 Å². The van der Waals surface area contributed by atoms with Gasteiger partial charge in [0.25, 0.3) is 0 Å². The maximum atomic E-state index is 13.4. The minimum Gasteiger partial charge on any atom is -0.299 e. The number of nitrogens with zero attached hydrogens (tertiary/aromatic N) is 2. The third-order valence-electron chi connectivity index (χ3n) is 9.12. The number of hydrogen-bond acceptors (Lipinski definition) is 5. The minimum absolute atomic E-state index is 0.0842. The van der Waals surface area contributed by atoms with E-state index in [9.17, 15) is 21.6 Å². The van der Waals surface area contributed by atoms with Crippen LogP contribution >= 0.6 is 0 Å². The molecule has 33 heavy (non-hydrogen) atoms. The number of piperazine rings is 1. The van der Waals surface area contributed by atoms with Crippen LogP contribution in [0, 0.1) is 16.7 Å². The largest absolute Gasteiger partial charge is 0.299 e. The quantitative estimate of drug-likeness (QED) is 0.627. The molecule has 0 radical (unpaired) electrons. The highest BCUT2D eigenvalue weighted by atomic mass is 32.2. The lowest BCUT2D eigenvalue weighted by atomic mass is 9.70. The van der Waals surface area contributed by atoms with E-state index in [0.717, 1.165) is 37.7 Å². The number of aryl methyl sites for hydroxylation is 2. The van der Waals surface area contributed by atoms with E-state index < -0.39 is 25.5 Å². The zero-order valence-electron chi connectivity index (χ0n) is 19.5. The molecular weight excluding hydrogens is 460 g/mol. The first-order valence-corrected chi connectivity index (χ1v) is 15.2. The fraction of sp³-hybridized carbons (Fsp3) is 0.708. The Morgan fingerprint density at radius 3 is 2.18 bits per heavy atom. The molecule has 0 N–H and O–H groups in total. The van der Waals surface area contributed by atoms with Crippen LogP contribution in [0.15, 0.2) is 23.1 Å². The lowest BCUT2D eigenvalue weighted by Gasteiger charge is -2.39. The summed E-state index contributed by atoms with van der Waals surface area (Å²) in [7, 11) is -7.34. The number of rotatable bonds is 5. The summed E-state index contributed by atoms with van der Waals surface area (Å²) in [5.41, 5.74) is 1.23. The SMILES string of the molecule is CC1(C)C2CCC1(CS(=O)(=O)N1CCN(S(=O)(=O)c3ccc4c(c3)CCCC4)CC1)C(=O)C2. The summed E-state index contributed by atoms with van der Waals surface area (Å²) in [6.07, 6.45) is 6.14. The van der Waals surface area contributed by atoms with Gasteiger partial charge in [-0.2, -0.15) is 8.61 Å². The second-order valence-electron chi connectivity index (χ2n) is 10.9. The topological polar surface area (TPSA) is 91.8 Å². The van der Waals surface area contributed by atoms with Gasteiger partial charge in [0, 0.05) is 38.0 Å². The Hall–Kier alpha value is -1.29. The molecule has 0 aromatic heterocycles. The molecule has 7 nitrogen and oxygen atoms in total. The number of fused-ring (bicyclic) bond motifs is 3. The summed E-state index contributed by atoms with van der Waals surface area (Å²) in [5, 5.41) is 0.